The number of aryl methyl sites for hydroxylation is 1. The van der Waals surface area contributed by atoms with Gasteiger partial charge in [-0.05, 0) is 72.6 Å². The molecule has 0 bridgehead atoms. The first kappa shape index (κ1) is 21.6. The Kier molecular flexibility index (Phi) is 6.50. The van der Waals surface area contributed by atoms with Crippen LogP contribution in [0.2, 0.25) is 0 Å². The van der Waals surface area contributed by atoms with Crippen LogP contribution in [0.4, 0.5) is 15.8 Å². The number of benzene rings is 3. The highest BCUT2D eigenvalue weighted by Gasteiger charge is 2.22. The molecular weight excluding hydrogens is 405 g/mol. The van der Waals surface area contributed by atoms with Gasteiger partial charge in [-0.15, -0.1) is 0 Å². The van der Waals surface area contributed by atoms with Crippen LogP contribution in [-0.2, 0) is 6.42 Å². The number of hydrogen-bond donors (Lipinski definition) is 1. The monoisotopic (exact) mass is 431 g/mol. The zero-order valence-corrected chi connectivity index (χ0v) is 18.1. The fourth-order valence-corrected chi connectivity index (χ4v) is 3.79. The third-order valence-electron chi connectivity index (χ3n) is 5.77. The lowest BCUT2D eigenvalue weighted by Gasteiger charge is -2.36. The highest BCUT2D eigenvalue weighted by molar-refractivity contribution is 6.04. The van der Waals surface area contributed by atoms with Crippen molar-refractivity contribution in [2.24, 2.45) is 0 Å². The summed E-state index contributed by atoms with van der Waals surface area (Å²) in [5.74, 6) is -0.579. The first-order valence-corrected chi connectivity index (χ1v) is 10.8. The molecule has 1 N–H and O–H groups in total. The van der Waals surface area contributed by atoms with E-state index in [9.17, 15) is 14.0 Å². The minimum absolute atomic E-state index is 0.0751. The molecule has 1 heterocycles. The molecule has 0 atom stereocenters. The summed E-state index contributed by atoms with van der Waals surface area (Å²) >= 11 is 0. The third-order valence-corrected chi connectivity index (χ3v) is 5.77. The Morgan fingerprint density at radius 3 is 2.00 bits per heavy atom. The Hall–Kier alpha value is -3.67. The summed E-state index contributed by atoms with van der Waals surface area (Å²) in [6.07, 6.45) is 0.960. The van der Waals surface area contributed by atoms with E-state index in [0.29, 0.717) is 24.3 Å². The maximum absolute atomic E-state index is 13.0. The Labute approximate surface area is 187 Å². The molecule has 1 saturated heterocycles. The second-order valence-corrected chi connectivity index (χ2v) is 7.84. The lowest BCUT2D eigenvalue weighted by Crippen LogP contribution is -2.48. The molecule has 5 nitrogen and oxygen atoms in total. The van der Waals surface area contributed by atoms with Crippen molar-refractivity contribution in [3.05, 3.63) is 95.3 Å². The Balaban J connectivity index is 1.32. The van der Waals surface area contributed by atoms with Crippen LogP contribution in [0, 0.1) is 5.82 Å². The van der Waals surface area contributed by atoms with Crippen LogP contribution in [0.15, 0.2) is 72.8 Å². The predicted molar refractivity (Wildman–Crippen MR) is 125 cm³/mol. The van der Waals surface area contributed by atoms with Gasteiger partial charge in [-0.2, -0.15) is 0 Å². The van der Waals surface area contributed by atoms with E-state index in [1.807, 2.05) is 53.4 Å². The zero-order chi connectivity index (χ0) is 22.5. The molecule has 0 aromatic heterocycles. The Bertz CT molecular complexity index is 1070. The van der Waals surface area contributed by atoms with Crippen LogP contribution in [0.25, 0.3) is 0 Å². The maximum atomic E-state index is 13.0. The summed E-state index contributed by atoms with van der Waals surface area (Å²) in [5.41, 5.74) is 4.08. The summed E-state index contributed by atoms with van der Waals surface area (Å²) < 4.78 is 13.0. The number of amides is 2. The molecule has 4 rings (SSSR count). The van der Waals surface area contributed by atoms with Gasteiger partial charge in [0.15, 0.2) is 0 Å². The molecule has 0 spiro atoms. The van der Waals surface area contributed by atoms with Gasteiger partial charge >= 0.3 is 0 Å². The second kappa shape index (κ2) is 9.64. The van der Waals surface area contributed by atoms with Gasteiger partial charge in [0.25, 0.3) is 11.8 Å². The summed E-state index contributed by atoms with van der Waals surface area (Å²) in [5, 5.41) is 2.82. The van der Waals surface area contributed by atoms with Gasteiger partial charge in [0.05, 0.1) is 0 Å². The van der Waals surface area contributed by atoms with Crippen LogP contribution >= 0.6 is 0 Å². The minimum Gasteiger partial charge on any atom is -0.368 e. The van der Waals surface area contributed by atoms with E-state index < -0.39 is 0 Å². The number of rotatable bonds is 5. The lowest BCUT2D eigenvalue weighted by molar-refractivity contribution is 0.0746. The predicted octanol–water partition coefficient (Wildman–Crippen LogP) is 4.60. The molecule has 1 fully saturated rings. The van der Waals surface area contributed by atoms with E-state index in [-0.39, 0.29) is 17.6 Å². The fraction of sp³-hybridized carbons (Fsp3) is 0.231. The maximum Gasteiger partial charge on any atom is 0.255 e. The topological polar surface area (TPSA) is 52.7 Å². The lowest BCUT2D eigenvalue weighted by atomic mass is 10.1. The second-order valence-electron chi connectivity index (χ2n) is 7.84. The molecular formula is C26H26FN3O2. The first-order chi connectivity index (χ1) is 15.5. The van der Waals surface area contributed by atoms with Crippen molar-refractivity contribution in [2.75, 3.05) is 36.4 Å². The molecule has 3 aromatic carbocycles. The SMILES string of the molecule is CCc1ccc(C(=O)N2CCN(c3ccc(NC(=O)c4ccc(F)cc4)cc3)CC2)cc1. The van der Waals surface area contributed by atoms with Gasteiger partial charge in [0, 0.05) is 48.7 Å². The molecule has 3 aromatic rings. The number of anilines is 2. The number of hydrogen-bond acceptors (Lipinski definition) is 3. The van der Waals surface area contributed by atoms with Gasteiger partial charge in [-0.3, -0.25) is 9.59 Å². The standard InChI is InChI=1S/C26H26FN3O2/c1-2-19-3-5-21(6-4-19)26(32)30-17-15-29(16-18-30)24-13-11-23(12-14-24)28-25(31)20-7-9-22(27)10-8-20/h3-14H,2,15-18H2,1H3,(H,28,31). The number of nitrogens with zero attached hydrogens (tertiary/aromatic N) is 2. The van der Waals surface area contributed by atoms with Crippen molar-refractivity contribution in [1.82, 2.24) is 4.90 Å². The molecule has 164 valence electrons. The third kappa shape index (κ3) is 4.97. The molecule has 1 aliphatic rings. The molecule has 0 radical (unpaired) electrons. The molecule has 0 aliphatic carbocycles. The van der Waals surface area contributed by atoms with Crippen LogP contribution in [0.3, 0.4) is 0 Å². The molecule has 2 amide bonds. The number of carbonyl (C=O) groups excluding carboxylic acids is 2. The molecule has 32 heavy (non-hydrogen) atoms. The van der Waals surface area contributed by atoms with Gasteiger partial charge in [-0.25, -0.2) is 4.39 Å². The fourth-order valence-electron chi connectivity index (χ4n) is 3.79. The van der Waals surface area contributed by atoms with Crippen molar-refractivity contribution >= 4 is 23.2 Å². The zero-order valence-electron chi connectivity index (χ0n) is 18.1. The summed E-state index contributed by atoms with van der Waals surface area (Å²) in [6.45, 7) is 4.93. The van der Waals surface area contributed by atoms with E-state index >= 15 is 0 Å². The van der Waals surface area contributed by atoms with Gasteiger partial charge < -0.3 is 15.1 Å². The number of carbonyl (C=O) groups is 2. The van der Waals surface area contributed by atoms with Crippen LogP contribution in [0.1, 0.15) is 33.2 Å². The molecule has 6 heteroatoms. The summed E-state index contributed by atoms with van der Waals surface area (Å²) in [6, 6.07) is 20.9. The number of piperazine rings is 1. The van der Waals surface area contributed by atoms with Crippen molar-refractivity contribution in [1.29, 1.82) is 0 Å². The number of nitrogens with one attached hydrogen (secondary N) is 1. The largest absolute Gasteiger partial charge is 0.368 e. The van der Waals surface area contributed by atoms with Gasteiger partial charge in [0.1, 0.15) is 5.82 Å². The molecule has 0 unspecified atom stereocenters. The highest BCUT2D eigenvalue weighted by atomic mass is 19.1. The number of halogens is 1. The van der Waals surface area contributed by atoms with E-state index in [2.05, 4.69) is 17.1 Å². The van der Waals surface area contributed by atoms with Crippen molar-refractivity contribution in [3.8, 4) is 0 Å². The molecule has 0 saturated carbocycles. The van der Waals surface area contributed by atoms with E-state index in [1.54, 1.807) is 0 Å². The normalized spacial score (nSPS) is 13.7. The highest BCUT2D eigenvalue weighted by Crippen LogP contribution is 2.21. The van der Waals surface area contributed by atoms with Crippen LogP contribution < -0.4 is 10.2 Å². The Morgan fingerprint density at radius 1 is 0.812 bits per heavy atom. The quantitative estimate of drug-likeness (QED) is 0.642. The van der Waals surface area contributed by atoms with E-state index in [0.717, 1.165) is 30.8 Å². The van der Waals surface area contributed by atoms with Crippen LogP contribution in [0.5, 0.6) is 0 Å². The van der Waals surface area contributed by atoms with Crippen molar-refractivity contribution < 1.29 is 14.0 Å². The van der Waals surface area contributed by atoms with Crippen molar-refractivity contribution in [3.63, 3.8) is 0 Å². The average Bonchev–Trinajstić information content (AvgIpc) is 2.84. The van der Waals surface area contributed by atoms with Crippen molar-refractivity contribution in [2.45, 2.75) is 13.3 Å². The summed E-state index contributed by atoms with van der Waals surface area (Å²) in [7, 11) is 0. The van der Waals surface area contributed by atoms with Crippen LogP contribution in [-0.4, -0.2) is 42.9 Å². The smallest absolute Gasteiger partial charge is 0.255 e. The Morgan fingerprint density at radius 2 is 1.41 bits per heavy atom. The average molecular weight is 432 g/mol. The first-order valence-electron chi connectivity index (χ1n) is 10.8. The molecule has 1 aliphatic heterocycles. The van der Waals surface area contributed by atoms with Gasteiger partial charge in [0.2, 0.25) is 0 Å². The minimum atomic E-state index is -0.373. The van der Waals surface area contributed by atoms with Gasteiger partial charge in [-0.1, -0.05) is 19.1 Å². The van der Waals surface area contributed by atoms with E-state index in [4.69, 9.17) is 0 Å². The van der Waals surface area contributed by atoms with E-state index in [1.165, 1.54) is 29.8 Å². The summed E-state index contributed by atoms with van der Waals surface area (Å²) in [4.78, 5) is 29.2.